The van der Waals surface area contributed by atoms with Crippen molar-refractivity contribution in [3.63, 3.8) is 0 Å². The number of alkyl carbamates (subject to hydrolysis) is 1. The third-order valence-electron chi connectivity index (χ3n) is 9.93. The van der Waals surface area contributed by atoms with E-state index in [-0.39, 0.29) is 72.1 Å². The van der Waals surface area contributed by atoms with E-state index in [1.807, 2.05) is 60.7 Å². The fourth-order valence-electron chi connectivity index (χ4n) is 7.03. The number of carbonyl (C=O) groups excluding carboxylic acids is 4. The molecule has 63 heavy (non-hydrogen) atoms. The Morgan fingerprint density at radius 2 is 1.22 bits per heavy atom. The van der Waals surface area contributed by atoms with E-state index < -0.39 is 40.1 Å². The van der Waals surface area contributed by atoms with E-state index in [1.165, 1.54) is 0 Å². The Balaban J connectivity index is 0.000000230. The predicted octanol–water partition coefficient (Wildman–Crippen LogP) is 9.21. The third kappa shape index (κ3) is 17.6. The summed E-state index contributed by atoms with van der Waals surface area (Å²) in [6.07, 6.45) is 7.81. The molecule has 2 aliphatic carbocycles. The van der Waals surface area contributed by atoms with E-state index in [9.17, 15) is 28.0 Å². The van der Waals surface area contributed by atoms with Crippen LogP contribution < -0.4 is 11.1 Å². The van der Waals surface area contributed by atoms with Crippen LogP contribution in [0.4, 0.5) is 13.6 Å². The average molecular weight is 936 g/mol. The number of amides is 1. The van der Waals surface area contributed by atoms with Gasteiger partial charge in [0.1, 0.15) is 13.2 Å². The first kappa shape index (κ1) is 50.6. The second-order valence-corrected chi connectivity index (χ2v) is 15.8. The van der Waals surface area contributed by atoms with Crippen molar-refractivity contribution >= 4 is 58.8 Å². The molecular weight excluding hydrogens is 885 g/mol. The summed E-state index contributed by atoms with van der Waals surface area (Å²) in [5.74, 6) is -3.51. The molecule has 6 rings (SSSR count). The number of aromatic nitrogens is 4. The lowest BCUT2D eigenvalue weighted by molar-refractivity contribution is -0.146. The predicted molar refractivity (Wildman–Crippen MR) is 231 cm³/mol. The van der Waals surface area contributed by atoms with Crippen molar-refractivity contribution in [3.8, 4) is 0 Å². The van der Waals surface area contributed by atoms with Gasteiger partial charge in [-0.3, -0.25) is 4.79 Å². The highest BCUT2D eigenvalue weighted by atomic mass is 35.5. The molecule has 2 aromatic heterocycles. The summed E-state index contributed by atoms with van der Waals surface area (Å²) in [6, 6.07) is 19.6. The normalized spacial score (nSPS) is 18.0. The molecule has 1 unspecified atom stereocenters. The Morgan fingerprint density at radius 1 is 0.683 bits per heavy atom. The van der Waals surface area contributed by atoms with Crippen LogP contribution in [0.5, 0.6) is 0 Å². The van der Waals surface area contributed by atoms with Gasteiger partial charge >= 0.3 is 24.0 Å². The van der Waals surface area contributed by atoms with Crippen molar-refractivity contribution < 1.29 is 46.9 Å². The monoisotopic (exact) mass is 934 g/mol. The number of esters is 3. The maximum absolute atomic E-state index is 14.8. The number of carbonyl (C=O) groups is 4. The molecule has 2 aliphatic rings. The van der Waals surface area contributed by atoms with Crippen LogP contribution in [0.2, 0.25) is 15.7 Å². The minimum Gasteiger partial charge on any atom is -0.461 e. The molecule has 3 N–H and O–H groups in total. The molecule has 14 nitrogen and oxygen atoms in total. The molecule has 0 bridgehead atoms. The molecule has 19 heteroatoms. The first-order valence-corrected chi connectivity index (χ1v) is 21.8. The Morgan fingerprint density at radius 3 is 1.81 bits per heavy atom. The lowest BCUT2D eigenvalue weighted by Crippen LogP contribution is -2.42. The summed E-state index contributed by atoms with van der Waals surface area (Å²) < 4.78 is 47.9. The number of halogens is 5. The Kier molecular flexibility index (Phi) is 21.3. The smallest absolute Gasteiger partial charge is 0.407 e. The Bertz CT molecular complexity index is 2110. The van der Waals surface area contributed by atoms with E-state index in [0.717, 1.165) is 62.5 Å². The number of nitrogens with two attached hydrogens (primary N) is 1. The molecular formula is C44H51Cl3F2N6O8. The van der Waals surface area contributed by atoms with E-state index in [1.54, 1.807) is 13.8 Å². The van der Waals surface area contributed by atoms with Gasteiger partial charge in [0.25, 0.3) is 0 Å². The molecule has 2 aromatic carbocycles. The molecule has 4 aromatic rings. The fraction of sp³-hybridized carbons (Fsp3) is 0.455. The highest BCUT2D eigenvalue weighted by Gasteiger charge is 2.28. The van der Waals surface area contributed by atoms with Crippen molar-refractivity contribution in [2.45, 2.75) is 103 Å². The van der Waals surface area contributed by atoms with E-state index >= 15 is 0 Å². The SMILES string of the molecule is CCOC(=O)c1nc(Cl)nc(CC2CCC[C@@H](CC(=O)OCc3ccccc3)C2)c1F.CCOC(=O)c1nc(Cl)nc(Cl)c1F.N[C@H]1CCC[C@@H](NC(=O)OCc2ccccc2)C1. The topological polar surface area (TPSA) is 195 Å². The van der Waals surface area contributed by atoms with Crippen molar-refractivity contribution in [1.29, 1.82) is 0 Å². The Labute approximate surface area is 379 Å². The molecule has 0 saturated heterocycles. The van der Waals surface area contributed by atoms with Crippen LogP contribution in [-0.4, -0.2) is 69.2 Å². The summed E-state index contributed by atoms with van der Waals surface area (Å²) in [6.45, 7) is 4.01. The van der Waals surface area contributed by atoms with Crippen LogP contribution in [-0.2, 0) is 43.4 Å². The van der Waals surface area contributed by atoms with Gasteiger partial charge in [-0.2, -0.15) is 0 Å². The van der Waals surface area contributed by atoms with Crippen molar-refractivity contribution in [3.05, 3.63) is 116 Å². The van der Waals surface area contributed by atoms with Crippen LogP contribution in [0, 0.1) is 23.5 Å². The van der Waals surface area contributed by atoms with E-state index in [0.29, 0.717) is 19.4 Å². The molecule has 0 spiro atoms. The van der Waals surface area contributed by atoms with Gasteiger partial charge in [-0.1, -0.05) is 85.1 Å². The summed E-state index contributed by atoms with van der Waals surface area (Å²) in [4.78, 5) is 61.3. The lowest BCUT2D eigenvalue weighted by Gasteiger charge is -2.28. The van der Waals surface area contributed by atoms with Crippen molar-refractivity contribution in [1.82, 2.24) is 25.3 Å². The molecule has 2 saturated carbocycles. The number of nitrogens with one attached hydrogen (secondary N) is 1. The summed E-state index contributed by atoms with van der Waals surface area (Å²) in [5, 5.41) is 1.88. The van der Waals surface area contributed by atoms with Gasteiger partial charge in [-0.05, 0) is 105 Å². The number of ether oxygens (including phenoxy) is 4. The standard InChI is InChI=1S/C23H26ClFN2O4.C14H20N2O2.C7H5Cl2FN2O2/c1-2-30-22(29)21-20(25)18(26-23(24)27-21)12-16-9-6-10-17(11-16)13-19(28)31-14-15-7-4-3-5-8-15;15-12-7-4-8-13(9-12)16-14(17)18-10-11-5-2-1-3-6-11;1-2-14-6(13)4-3(10)5(8)12-7(9)11-4/h3-5,7-8,16-17H,2,6,9-14H2,1H3;1-3,5-6,12-13H,4,7-10,15H2,(H,16,17);2H2,1H3/t16?,17-;12-,13+;/m10./s1. The molecule has 0 radical (unpaired) electrons. The van der Waals surface area contributed by atoms with Crippen LogP contribution in [0.3, 0.4) is 0 Å². The fourth-order valence-corrected chi connectivity index (χ4v) is 7.60. The van der Waals surface area contributed by atoms with Crippen LogP contribution in [0.1, 0.15) is 109 Å². The zero-order valence-corrected chi connectivity index (χ0v) is 37.3. The summed E-state index contributed by atoms with van der Waals surface area (Å²) >= 11 is 16.6. The van der Waals surface area contributed by atoms with Gasteiger partial charge in [0, 0.05) is 18.5 Å². The van der Waals surface area contributed by atoms with Crippen molar-refractivity contribution in [2.24, 2.45) is 17.6 Å². The van der Waals surface area contributed by atoms with E-state index in [2.05, 4.69) is 30.0 Å². The van der Waals surface area contributed by atoms with Gasteiger partial charge in [-0.25, -0.2) is 43.1 Å². The van der Waals surface area contributed by atoms with Gasteiger partial charge < -0.3 is 30.0 Å². The maximum atomic E-state index is 14.8. The number of hydrogen-bond donors (Lipinski definition) is 2. The Hall–Kier alpha value is -5.03. The molecule has 2 fully saturated rings. The van der Waals surface area contributed by atoms with E-state index in [4.69, 9.17) is 54.7 Å². The molecule has 2 heterocycles. The minimum atomic E-state index is -1.03. The minimum absolute atomic E-state index is 0.109. The second-order valence-electron chi connectivity index (χ2n) is 14.8. The van der Waals surface area contributed by atoms with Gasteiger partial charge in [0.05, 0.1) is 18.9 Å². The first-order valence-electron chi connectivity index (χ1n) is 20.6. The molecule has 4 atom stereocenters. The molecule has 0 aliphatic heterocycles. The van der Waals surface area contributed by atoms with Crippen LogP contribution in [0.15, 0.2) is 60.7 Å². The number of nitrogens with zero attached hydrogens (tertiary/aromatic N) is 4. The lowest BCUT2D eigenvalue weighted by atomic mass is 9.78. The third-order valence-corrected chi connectivity index (χ3v) is 10.5. The first-order chi connectivity index (χ1) is 30.3. The number of hydrogen-bond acceptors (Lipinski definition) is 13. The van der Waals surface area contributed by atoms with Gasteiger partial charge in [0.15, 0.2) is 28.2 Å². The number of benzene rings is 2. The van der Waals surface area contributed by atoms with Crippen LogP contribution in [0.25, 0.3) is 0 Å². The molecule has 340 valence electrons. The van der Waals surface area contributed by atoms with Gasteiger partial charge in [0.2, 0.25) is 10.6 Å². The van der Waals surface area contributed by atoms with Crippen molar-refractivity contribution in [2.75, 3.05) is 13.2 Å². The van der Waals surface area contributed by atoms with Crippen LogP contribution >= 0.6 is 34.8 Å². The highest BCUT2D eigenvalue weighted by molar-refractivity contribution is 6.32. The van der Waals surface area contributed by atoms with Gasteiger partial charge in [-0.15, -0.1) is 0 Å². The summed E-state index contributed by atoms with van der Waals surface area (Å²) in [5.41, 5.74) is 6.93. The zero-order valence-electron chi connectivity index (χ0n) is 35.0. The molecule has 1 amide bonds. The maximum Gasteiger partial charge on any atom is 0.407 e. The highest BCUT2D eigenvalue weighted by Crippen LogP contribution is 2.34. The summed E-state index contributed by atoms with van der Waals surface area (Å²) in [7, 11) is 0. The zero-order chi connectivity index (χ0) is 45.7. The number of rotatable bonds is 13. The largest absolute Gasteiger partial charge is 0.461 e. The quantitative estimate of drug-likeness (QED) is 0.0558. The average Bonchev–Trinajstić information content (AvgIpc) is 3.26. The second kappa shape index (κ2) is 26.6.